The number of methoxy groups -OCH3 is 1. The van der Waals surface area contributed by atoms with Gasteiger partial charge >= 0.3 is 29.6 Å². The Bertz CT molecular complexity index is 304. The van der Waals surface area contributed by atoms with E-state index >= 15 is 0 Å². The first-order valence-electron chi connectivity index (χ1n) is 5.97. The number of aliphatic hydroxyl groups is 3. The molecule has 1 saturated heterocycles. The summed E-state index contributed by atoms with van der Waals surface area (Å²) in [6.07, 6.45) is -5.52. The zero-order valence-electron chi connectivity index (χ0n) is 11.8. The van der Waals surface area contributed by atoms with Crippen LogP contribution in [-0.2, 0) is 14.3 Å². The molecule has 1 unspecified atom stereocenters. The van der Waals surface area contributed by atoms with E-state index in [1.807, 2.05) is 0 Å². The van der Waals surface area contributed by atoms with E-state index in [0.717, 1.165) is 11.8 Å². The molecule has 1 rings (SSSR count). The van der Waals surface area contributed by atoms with Crippen LogP contribution in [0, 0.1) is 0 Å². The quantitative estimate of drug-likeness (QED) is 0.416. The molecule has 1 aliphatic heterocycles. The van der Waals surface area contributed by atoms with Gasteiger partial charge in [-0.3, -0.25) is 0 Å². The summed E-state index contributed by atoms with van der Waals surface area (Å²) in [6, 6.07) is 0. The first-order valence-corrected chi connectivity index (χ1v) is 7.02. The van der Waals surface area contributed by atoms with Crippen molar-refractivity contribution >= 4 is 17.7 Å². The predicted octanol–water partition coefficient (Wildman–Crippen LogP) is -5.29. The zero-order valence-corrected chi connectivity index (χ0v) is 14.6. The minimum absolute atomic E-state index is 0. The van der Waals surface area contributed by atoms with Gasteiger partial charge < -0.3 is 34.7 Å². The second kappa shape index (κ2) is 9.60. The van der Waals surface area contributed by atoms with Gasteiger partial charge in [-0.25, -0.2) is 0 Å². The third-order valence-corrected chi connectivity index (χ3v) is 4.45. The van der Waals surface area contributed by atoms with E-state index in [1.165, 1.54) is 7.11 Å². The largest absolute Gasteiger partial charge is 1.00 e. The number of carbonyl (C=O) groups excluding carboxylic acids is 1. The second-order valence-corrected chi connectivity index (χ2v) is 5.54. The summed E-state index contributed by atoms with van der Waals surface area (Å²) in [4.78, 5) is 10.8. The minimum atomic E-state index is -1.40. The smallest absolute Gasteiger partial charge is 0.549 e. The molecule has 0 radical (unpaired) electrons. The summed E-state index contributed by atoms with van der Waals surface area (Å²) in [5.41, 5.74) is 0. The molecule has 0 amide bonds. The van der Waals surface area contributed by atoms with E-state index in [0.29, 0.717) is 6.42 Å². The average molecular weight is 318 g/mol. The van der Waals surface area contributed by atoms with Gasteiger partial charge in [0.2, 0.25) is 0 Å². The van der Waals surface area contributed by atoms with E-state index in [1.54, 1.807) is 6.92 Å². The van der Waals surface area contributed by atoms with Crippen molar-refractivity contribution in [3.63, 3.8) is 0 Å². The molecule has 7 nitrogen and oxygen atoms in total. The van der Waals surface area contributed by atoms with Crippen LogP contribution in [0.3, 0.4) is 0 Å². The summed E-state index contributed by atoms with van der Waals surface area (Å²) in [7, 11) is 1.30. The van der Waals surface area contributed by atoms with Crippen LogP contribution in [0.4, 0.5) is 0 Å². The SMILES string of the molecule is CCC(SC[C@@H]1O[C@@H](OC)[C@@H](O)[C@@H](O)[C@@H]1O)C(=O)[O-].[Na+]. The van der Waals surface area contributed by atoms with Crippen molar-refractivity contribution in [3.8, 4) is 0 Å². The summed E-state index contributed by atoms with van der Waals surface area (Å²) in [5.74, 6) is -1.03. The van der Waals surface area contributed by atoms with Crippen LogP contribution in [0.5, 0.6) is 0 Å². The number of thioether (sulfide) groups is 1. The van der Waals surface area contributed by atoms with Crippen LogP contribution in [0.2, 0.25) is 0 Å². The molecule has 0 aliphatic carbocycles. The fourth-order valence-electron chi connectivity index (χ4n) is 1.81. The van der Waals surface area contributed by atoms with Crippen LogP contribution < -0.4 is 34.7 Å². The van der Waals surface area contributed by atoms with Crippen molar-refractivity contribution in [2.75, 3.05) is 12.9 Å². The Morgan fingerprint density at radius 2 is 1.95 bits per heavy atom. The molecule has 112 valence electrons. The summed E-state index contributed by atoms with van der Waals surface area (Å²) in [6.45, 7) is 1.71. The molecule has 20 heavy (non-hydrogen) atoms. The van der Waals surface area contributed by atoms with E-state index in [2.05, 4.69) is 0 Å². The maximum Gasteiger partial charge on any atom is 1.00 e. The van der Waals surface area contributed by atoms with Crippen molar-refractivity contribution in [1.82, 2.24) is 0 Å². The number of hydrogen-bond acceptors (Lipinski definition) is 8. The number of hydrogen-bond donors (Lipinski definition) is 3. The van der Waals surface area contributed by atoms with Gasteiger partial charge in [0, 0.05) is 18.1 Å². The predicted molar refractivity (Wildman–Crippen MR) is 65.2 cm³/mol. The standard InChI is InChI=1S/C11H20O7S.Na/c1-3-6(10(15)16)19-4-5-7(12)8(13)9(14)11(17-2)18-5;/h5-9,11-14H,3-4H2,1-2H3,(H,15,16);/q;+1/p-1/t5-,6?,7+,8-,9-,11+;/m0./s1. The first-order chi connectivity index (χ1) is 8.92. The van der Waals surface area contributed by atoms with Crippen molar-refractivity contribution in [2.45, 2.75) is 49.3 Å². The third kappa shape index (κ3) is 5.11. The Balaban J connectivity index is 0.00000361. The van der Waals surface area contributed by atoms with E-state index in [9.17, 15) is 25.2 Å². The Morgan fingerprint density at radius 3 is 2.40 bits per heavy atom. The van der Waals surface area contributed by atoms with Gasteiger partial charge in [0.25, 0.3) is 0 Å². The van der Waals surface area contributed by atoms with Gasteiger partial charge in [0.15, 0.2) is 6.29 Å². The number of carbonyl (C=O) groups is 1. The average Bonchev–Trinajstić information content (AvgIpc) is 2.38. The third-order valence-electron chi connectivity index (χ3n) is 3.00. The summed E-state index contributed by atoms with van der Waals surface area (Å²) in [5, 5.41) is 39.1. The molecule has 0 aromatic carbocycles. The van der Waals surface area contributed by atoms with Gasteiger partial charge in [-0.2, -0.15) is 0 Å². The van der Waals surface area contributed by atoms with Crippen molar-refractivity contribution < 1.29 is 64.3 Å². The fraction of sp³-hybridized carbons (Fsp3) is 0.909. The van der Waals surface area contributed by atoms with Crippen LogP contribution >= 0.6 is 11.8 Å². The zero-order chi connectivity index (χ0) is 14.6. The molecule has 3 N–H and O–H groups in total. The molecule has 1 fully saturated rings. The van der Waals surface area contributed by atoms with Gasteiger partial charge in [-0.15, -0.1) is 11.8 Å². The summed E-state index contributed by atoms with van der Waals surface area (Å²) < 4.78 is 10.1. The van der Waals surface area contributed by atoms with E-state index in [-0.39, 0.29) is 35.3 Å². The second-order valence-electron chi connectivity index (χ2n) is 4.30. The minimum Gasteiger partial charge on any atom is -0.549 e. The number of carboxylic acids is 1. The monoisotopic (exact) mass is 318 g/mol. The Hall–Kier alpha value is 0.620. The van der Waals surface area contributed by atoms with Crippen LogP contribution in [0.15, 0.2) is 0 Å². The van der Waals surface area contributed by atoms with Crippen LogP contribution in [0.1, 0.15) is 13.3 Å². The topological polar surface area (TPSA) is 119 Å². The molecular formula is C11H19NaO7S. The van der Waals surface area contributed by atoms with Crippen LogP contribution in [0.25, 0.3) is 0 Å². The maximum absolute atomic E-state index is 10.8. The molecule has 0 aromatic heterocycles. The van der Waals surface area contributed by atoms with Crippen molar-refractivity contribution in [1.29, 1.82) is 0 Å². The van der Waals surface area contributed by atoms with Crippen LogP contribution in [-0.4, -0.2) is 70.1 Å². The first kappa shape index (κ1) is 20.6. The number of ether oxygens (including phenoxy) is 2. The molecule has 0 saturated carbocycles. The molecular weight excluding hydrogens is 299 g/mol. The number of rotatable bonds is 6. The molecule has 1 aliphatic rings. The van der Waals surface area contributed by atoms with Gasteiger partial charge in [0.05, 0.1) is 12.1 Å². The molecule has 0 bridgehead atoms. The normalized spacial score (nSPS) is 35.1. The molecule has 1 heterocycles. The fourth-order valence-corrected chi connectivity index (χ4v) is 2.88. The van der Waals surface area contributed by atoms with Gasteiger partial charge in [-0.1, -0.05) is 6.92 Å². The Morgan fingerprint density at radius 1 is 1.35 bits per heavy atom. The maximum atomic E-state index is 10.8. The Kier molecular flexibility index (Phi) is 9.90. The van der Waals surface area contributed by atoms with E-state index in [4.69, 9.17) is 9.47 Å². The molecule has 0 aromatic rings. The summed E-state index contributed by atoms with van der Waals surface area (Å²) >= 11 is 1.06. The number of aliphatic carboxylic acids is 1. The molecule has 6 atom stereocenters. The van der Waals surface area contributed by atoms with Crippen molar-refractivity contribution in [2.24, 2.45) is 0 Å². The van der Waals surface area contributed by atoms with Gasteiger partial charge in [0.1, 0.15) is 18.3 Å². The molecule has 9 heteroatoms. The van der Waals surface area contributed by atoms with Crippen molar-refractivity contribution in [3.05, 3.63) is 0 Å². The van der Waals surface area contributed by atoms with Gasteiger partial charge in [-0.05, 0) is 6.42 Å². The number of carboxylic acid groups (broad SMARTS) is 1. The number of aliphatic hydroxyl groups excluding tert-OH is 3. The molecule has 0 spiro atoms. The van der Waals surface area contributed by atoms with E-state index < -0.39 is 41.9 Å². The Labute approximate surface area is 143 Å².